The molecule has 128 valence electrons. The molecular weight excluding hydrogens is 338 g/mol. The molecule has 1 aliphatic rings. The number of hydrogen-bond donors (Lipinski definition) is 1. The van der Waals surface area contributed by atoms with E-state index in [4.69, 9.17) is 16.3 Å². The van der Waals surface area contributed by atoms with Crippen LogP contribution in [0.2, 0.25) is 5.02 Å². The minimum atomic E-state index is -0.101. The molecule has 0 fully saturated rings. The first kappa shape index (κ1) is 16.0. The van der Waals surface area contributed by atoms with Crippen LogP contribution in [-0.2, 0) is 17.6 Å². The van der Waals surface area contributed by atoms with Crippen molar-refractivity contribution in [2.24, 2.45) is 5.92 Å². The van der Waals surface area contributed by atoms with Crippen molar-refractivity contribution < 1.29 is 9.53 Å². The van der Waals surface area contributed by atoms with E-state index in [1.807, 2.05) is 24.4 Å². The number of nitrogens with one attached hydrogen (secondary N) is 1. The SMILES string of the molecule is COc1ccc(Cl)cc1NC(=O)C1CCc2nc3ccccn3c2C1. The lowest BCUT2D eigenvalue weighted by Crippen LogP contribution is -2.28. The van der Waals surface area contributed by atoms with E-state index in [2.05, 4.69) is 14.7 Å². The Labute approximate surface area is 150 Å². The third kappa shape index (κ3) is 2.96. The van der Waals surface area contributed by atoms with Crippen molar-refractivity contribution in [2.75, 3.05) is 12.4 Å². The van der Waals surface area contributed by atoms with Gasteiger partial charge >= 0.3 is 0 Å². The average molecular weight is 356 g/mol. The molecule has 1 amide bonds. The van der Waals surface area contributed by atoms with Crippen LogP contribution in [0.5, 0.6) is 5.75 Å². The lowest BCUT2D eigenvalue weighted by molar-refractivity contribution is -0.120. The molecule has 0 bridgehead atoms. The van der Waals surface area contributed by atoms with Crippen molar-refractivity contribution in [3.8, 4) is 5.75 Å². The zero-order chi connectivity index (χ0) is 17.4. The van der Waals surface area contributed by atoms with Gasteiger partial charge in [0.05, 0.1) is 18.5 Å². The molecule has 1 N–H and O–H groups in total. The van der Waals surface area contributed by atoms with Crippen LogP contribution >= 0.6 is 11.6 Å². The molecule has 2 aromatic heterocycles. The van der Waals surface area contributed by atoms with E-state index in [1.54, 1.807) is 25.3 Å². The number of hydrogen-bond acceptors (Lipinski definition) is 3. The minimum Gasteiger partial charge on any atom is -0.495 e. The number of carbonyl (C=O) groups excluding carboxylic acids is 1. The number of pyridine rings is 1. The molecule has 0 spiro atoms. The van der Waals surface area contributed by atoms with Gasteiger partial charge in [0.2, 0.25) is 5.91 Å². The largest absolute Gasteiger partial charge is 0.495 e. The molecule has 0 radical (unpaired) electrons. The van der Waals surface area contributed by atoms with E-state index in [0.717, 1.165) is 29.9 Å². The maximum atomic E-state index is 12.8. The monoisotopic (exact) mass is 355 g/mol. The second-order valence-electron chi connectivity index (χ2n) is 6.21. The molecule has 1 aliphatic carbocycles. The molecule has 3 aromatic rings. The second-order valence-corrected chi connectivity index (χ2v) is 6.64. The Morgan fingerprint density at radius 1 is 1.36 bits per heavy atom. The van der Waals surface area contributed by atoms with Crippen molar-refractivity contribution >= 4 is 28.8 Å². The number of aryl methyl sites for hydroxylation is 1. The molecule has 4 rings (SSSR count). The highest BCUT2D eigenvalue weighted by Gasteiger charge is 2.28. The van der Waals surface area contributed by atoms with Gasteiger partial charge in [-0.2, -0.15) is 0 Å². The van der Waals surface area contributed by atoms with E-state index in [-0.39, 0.29) is 11.8 Å². The van der Waals surface area contributed by atoms with Gasteiger partial charge in [-0.25, -0.2) is 4.98 Å². The maximum Gasteiger partial charge on any atom is 0.227 e. The van der Waals surface area contributed by atoms with Gasteiger partial charge in [-0.1, -0.05) is 17.7 Å². The fourth-order valence-electron chi connectivity index (χ4n) is 3.39. The van der Waals surface area contributed by atoms with E-state index in [1.165, 1.54) is 0 Å². The van der Waals surface area contributed by atoms with Crippen molar-refractivity contribution in [1.29, 1.82) is 0 Å². The summed E-state index contributed by atoms with van der Waals surface area (Å²) in [5.74, 6) is 0.484. The number of fused-ring (bicyclic) bond motifs is 3. The highest BCUT2D eigenvalue weighted by molar-refractivity contribution is 6.31. The number of rotatable bonds is 3. The van der Waals surface area contributed by atoms with Gasteiger partial charge in [0, 0.05) is 29.3 Å². The van der Waals surface area contributed by atoms with E-state index < -0.39 is 0 Å². The average Bonchev–Trinajstić information content (AvgIpc) is 2.99. The quantitative estimate of drug-likeness (QED) is 0.778. The zero-order valence-corrected chi connectivity index (χ0v) is 14.6. The first-order chi connectivity index (χ1) is 12.2. The highest BCUT2D eigenvalue weighted by atomic mass is 35.5. The maximum absolute atomic E-state index is 12.8. The van der Waals surface area contributed by atoms with Gasteiger partial charge in [0.25, 0.3) is 0 Å². The molecule has 1 atom stereocenters. The highest BCUT2D eigenvalue weighted by Crippen LogP contribution is 2.31. The van der Waals surface area contributed by atoms with Gasteiger partial charge in [-0.3, -0.25) is 4.79 Å². The Morgan fingerprint density at radius 2 is 2.24 bits per heavy atom. The molecule has 0 saturated heterocycles. The van der Waals surface area contributed by atoms with E-state index >= 15 is 0 Å². The van der Waals surface area contributed by atoms with E-state index in [9.17, 15) is 4.79 Å². The number of aromatic nitrogens is 2. The molecule has 1 unspecified atom stereocenters. The van der Waals surface area contributed by atoms with E-state index in [0.29, 0.717) is 22.9 Å². The predicted molar refractivity (Wildman–Crippen MR) is 97.3 cm³/mol. The summed E-state index contributed by atoms with van der Waals surface area (Å²) in [6, 6.07) is 11.1. The van der Waals surface area contributed by atoms with Gasteiger partial charge in [-0.05, 0) is 43.2 Å². The smallest absolute Gasteiger partial charge is 0.227 e. The third-order valence-electron chi connectivity index (χ3n) is 4.67. The van der Waals surface area contributed by atoms with Gasteiger partial charge in [0.1, 0.15) is 11.4 Å². The number of ether oxygens (including phenoxy) is 1. The lowest BCUT2D eigenvalue weighted by atomic mass is 9.89. The van der Waals surface area contributed by atoms with Gasteiger partial charge in [-0.15, -0.1) is 0 Å². The van der Waals surface area contributed by atoms with Crippen LogP contribution in [-0.4, -0.2) is 22.4 Å². The molecule has 0 saturated carbocycles. The van der Waals surface area contributed by atoms with Crippen molar-refractivity contribution in [1.82, 2.24) is 9.38 Å². The Balaban J connectivity index is 1.57. The summed E-state index contributed by atoms with van der Waals surface area (Å²) in [5, 5.41) is 3.52. The van der Waals surface area contributed by atoms with Crippen LogP contribution in [0.1, 0.15) is 17.8 Å². The molecule has 6 heteroatoms. The Kier molecular flexibility index (Phi) is 4.09. The lowest BCUT2D eigenvalue weighted by Gasteiger charge is -2.22. The molecule has 2 heterocycles. The number of methoxy groups -OCH3 is 1. The minimum absolute atomic E-state index is 0.0166. The Bertz CT molecular complexity index is 951. The van der Waals surface area contributed by atoms with Crippen LogP contribution in [0.4, 0.5) is 5.69 Å². The van der Waals surface area contributed by atoms with Crippen molar-refractivity contribution in [2.45, 2.75) is 19.3 Å². The fraction of sp³-hybridized carbons (Fsp3) is 0.263. The van der Waals surface area contributed by atoms with Gasteiger partial charge < -0.3 is 14.5 Å². The molecular formula is C19H18ClN3O2. The normalized spacial score (nSPS) is 16.5. The number of nitrogens with zero attached hydrogens (tertiary/aromatic N) is 2. The summed E-state index contributed by atoms with van der Waals surface area (Å²) in [4.78, 5) is 17.4. The summed E-state index contributed by atoms with van der Waals surface area (Å²) in [7, 11) is 1.57. The van der Waals surface area contributed by atoms with Gasteiger partial charge in [0.15, 0.2) is 0 Å². The molecule has 5 nitrogen and oxygen atoms in total. The Morgan fingerprint density at radius 3 is 3.08 bits per heavy atom. The summed E-state index contributed by atoms with van der Waals surface area (Å²) >= 11 is 6.04. The van der Waals surface area contributed by atoms with Crippen LogP contribution < -0.4 is 10.1 Å². The zero-order valence-electron chi connectivity index (χ0n) is 13.8. The number of carbonyl (C=O) groups is 1. The standard InChI is InChI=1S/C19H18ClN3O2/c1-25-17-8-6-13(20)11-15(17)22-19(24)12-5-7-14-16(10-12)23-9-3-2-4-18(23)21-14/h2-4,6,8-9,11-12H,5,7,10H2,1H3,(H,22,24). The number of halogens is 1. The Hall–Kier alpha value is -2.53. The predicted octanol–water partition coefficient (Wildman–Crippen LogP) is 3.74. The summed E-state index contributed by atoms with van der Waals surface area (Å²) in [6.07, 6.45) is 4.27. The van der Waals surface area contributed by atoms with Crippen LogP contribution in [0, 0.1) is 5.92 Å². The molecule has 25 heavy (non-hydrogen) atoms. The fourth-order valence-corrected chi connectivity index (χ4v) is 3.57. The van der Waals surface area contributed by atoms with Crippen molar-refractivity contribution in [3.05, 3.63) is 59.0 Å². The summed E-state index contributed by atoms with van der Waals surface area (Å²) in [5.41, 5.74) is 3.75. The number of benzene rings is 1. The third-order valence-corrected chi connectivity index (χ3v) is 4.91. The number of imidazole rings is 1. The van der Waals surface area contributed by atoms with Crippen molar-refractivity contribution in [3.63, 3.8) is 0 Å². The number of amides is 1. The molecule has 1 aromatic carbocycles. The molecule has 0 aliphatic heterocycles. The first-order valence-electron chi connectivity index (χ1n) is 8.25. The second kappa shape index (κ2) is 6.41. The topological polar surface area (TPSA) is 55.6 Å². The van der Waals surface area contributed by atoms with Crippen LogP contribution in [0.15, 0.2) is 42.6 Å². The summed E-state index contributed by atoms with van der Waals surface area (Å²) in [6.45, 7) is 0. The number of anilines is 1. The van der Waals surface area contributed by atoms with Crippen LogP contribution in [0.3, 0.4) is 0 Å². The van der Waals surface area contributed by atoms with Crippen LogP contribution in [0.25, 0.3) is 5.65 Å². The first-order valence-corrected chi connectivity index (χ1v) is 8.63. The summed E-state index contributed by atoms with van der Waals surface area (Å²) < 4.78 is 7.38.